The molecule has 1 fully saturated rings. The molecular formula is C22H21ClN4O3. The van der Waals surface area contributed by atoms with Crippen LogP contribution in [0.25, 0.3) is 10.9 Å². The predicted molar refractivity (Wildman–Crippen MR) is 117 cm³/mol. The number of urea groups is 1. The lowest BCUT2D eigenvalue weighted by molar-refractivity contribution is 0.102. The van der Waals surface area contributed by atoms with Gasteiger partial charge >= 0.3 is 6.03 Å². The number of fused-ring (bicyclic) bond motifs is 1. The molecule has 8 heteroatoms. The summed E-state index contributed by atoms with van der Waals surface area (Å²) in [5.41, 5.74) is 2.50. The number of carbonyl (C=O) groups is 2. The number of pyridine rings is 1. The smallest absolute Gasteiger partial charge is 0.319 e. The van der Waals surface area contributed by atoms with Gasteiger partial charge in [-0.2, -0.15) is 0 Å². The number of anilines is 2. The van der Waals surface area contributed by atoms with Crippen LogP contribution in [0.1, 0.15) is 23.2 Å². The van der Waals surface area contributed by atoms with E-state index in [0.29, 0.717) is 28.6 Å². The van der Waals surface area contributed by atoms with Gasteiger partial charge in [0.1, 0.15) is 5.15 Å². The highest BCUT2D eigenvalue weighted by Gasteiger charge is 2.16. The Bertz CT molecular complexity index is 1070. The molecule has 1 unspecified atom stereocenters. The lowest BCUT2D eigenvalue weighted by atomic mass is 10.1. The number of benzene rings is 2. The Hall–Kier alpha value is -3.16. The Morgan fingerprint density at radius 2 is 1.80 bits per heavy atom. The second-order valence-corrected chi connectivity index (χ2v) is 7.43. The number of halogens is 1. The summed E-state index contributed by atoms with van der Waals surface area (Å²) in [6.07, 6.45) is 2.10. The zero-order valence-corrected chi connectivity index (χ0v) is 16.9. The molecule has 1 aliphatic rings. The topological polar surface area (TPSA) is 92.4 Å². The van der Waals surface area contributed by atoms with Crippen LogP contribution in [0.3, 0.4) is 0 Å². The number of aromatic nitrogens is 1. The average molecular weight is 425 g/mol. The Labute approximate surface area is 178 Å². The minimum Gasteiger partial charge on any atom is -0.376 e. The van der Waals surface area contributed by atoms with Crippen LogP contribution in [0, 0.1) is 0 Å². The number of rotatable bonds is 5. The highest BCUT2D eigenvalue weighted by atomic mass is 35.5. The minimum atomic E-state index is -0.285. The largest absolute Gasteiger partial charge is 0.376 e. The van der Waals surface area contributed by atoms with E-state index in [1.807, 2.05) is 6.07 Å². The van der Waals surface area contributed by atoms with Gasteiger partial charge in [-0.3, -0.25) is 4.79 Å². The second-order valence-electron chi connectivity index (χ2n) is 7.04. The summed E-state index contributed by atoms with van der Waals surface area (Å²) in [5, 5.41) is 9.66. The van der Waals surface area contributed by atoms with E-state index in [2.05, 4.69) is 20.9 Å². The molecule has 0 radical (unpaired) electrons. The van der Waals surface area contributed by atoms with Crippen molar-refractivity contribution in [3.05, 3.63) is 65.3 Å². The SMILES string of the molecule is O=C(NCC1CCCO1)Nc1ccc(NC(=O)c2ccc3nc(Cl)ccc3c2)cc1. The Kier molecular flexibility index (Phi) is 6.11. The Balaban J connectivity index is 1.33. The summed E-state index contributed by atoms with van der Waals surface area (Å²) in [4.78, 5) is 28.7. The molecule has 2 aromatic carbocycles. The van der Waals surface area contributed by atoms with Crippen LogP contribution >= 0.6 is 11.6 Å². The molecule has 30 heavy (non-hydrogen) atoms. The summed E-state index contributed by atoms with van der Waals surface area (Å²) >= 11 is 5.89. The van der Waals surface area contributed by atoms with Gasteiger partial charge < -0.3 is 20.7 Å². The second kappa shape index (κ2) is 9.11. The van der Waals surface area contributed by atoms with Crippen molar-refractivity contribution in [1.29, 1.82) is 0 Å². The van der Waals surface area contributed by atoms with Gasteiger partial charge in [-0.1, -0.05) is 11.6 Å². The van der Waals surface area contributed by atoms with Gasteiger partial charge in [0.15, 0.2) is 0 Å². The maximum atomic E-state index is 12.5. The molecule has 3 amide bonds. The van der Waals surface area contributed by atoms with E-state index in [-0.39, 0.29) is 18.0 Å². The quantitative estimate of drug-likeness (QED) is 0.528. The van der Waals surface area contributed by atoms with E-state index in [4.69, 9.17) is 16.3 Å². The molecule has 2 heterocycles. The van der Waals surface area contributed by atoms with E-state index in [0.717, 1.165) is 30.4 Å². The zero-order chi connectivity index (χ0) is 20.9. The van der Waals surface area contributed by atoms with E-state index >= 15 is 0 Å². The predicted octanol–water partition coefficient (Wildman–Crippen LogP) is 4.44. The van der Waals surface area contributed by atoms with Crippen molar-refractivity contribution in [1.82, 2.24) is 10.3 Å². The first-order valence-electron chi connectivity index (χ1n) is 9.71. The summed E-state index contributed by atoms with van der Waals surface area (Å²) in [6.45, 7) is 1.25. The fraction of sp³-hybridized carbons (Fsp3) is 0.227. The average Bonchev–Trinajstić information content (AvgIpc) is 3.27. The fourth-order valence-corrected chi connectivity index (χ4v) is 3.42. The lowest BCUT2D eigenvalue weighted by Crippen LogP contribution is -2.35. The standard InChI is InChI=1S/C22H21ClN4O3/c23-20-10-4-14-12-15(3-9-19(14)27-20)21(28)25-16-5-7-17(8-6-16)26-22(29)24-13-18-2-1-11-30-18/h3-10,12,18H,1-2,11,13H2,(H,25,28)(H2,24,26,29). The fourth-order valence-electron chi connectivity index (χ4n) is 3.27. The van der Waals surface area contributed by atoms with Crippen LogP contribution in [0.4, 0.5) is 16.2 Å². The van der Waals surface area contributed by atoms with Crippen molar-refractivity contribution in [3.8, 4) is 0 Å². The molecule has 154 valence electrons. The molecule has 1 atom stereocenters. The van der Waals surface area contributed by atoms with E-state index < -0.39 is 0 Å². The molecule has 1 aliphatic heterocycles. The molecule has 3 N–H and O–H groups in total. The van der Waals surface area contributed by atoms with Crippen molar-refractivity contribution in [2.24, 2.45) is 0 Å². The van der Waals surface area contributed by atoms with Gasteiger partial charge in [-0.05, 0) is 67.4 Å². The monoisotopic (exact) mass is 424 g/mol. The number of carbonyl (C=O) groups excluding carboxylic acids is 2. The van der Waals surface area contributed by atoms with Crippen LogP contribution in [-0.2, 0) is 4.74 Å². The summed E-state index contributed by atoms with van der Waals surface area (Å²) in [6, 6.07) is 15.4. The van der Waals surface area contributed by atoms with Crippen molar-refractivity contribution in [2.45, 2.75) is 18.9 Å². The molecule has 7 nitrogen and oxygen atoms in total. The summed E-state index contributed by atoms with van der Waals surface area (Å²) in [5.74, 6) is -0.234. The van der Waals surface area contributed by atoms with Gasteiger partial charge in [0, 0.05) is 35.5 Å². The van der Waals surface area contributed by atoms with Crippen LogP contribution in [-0.4, -0.2) is 36.2 Å². The van der Waals surface area contributed by atoms with E-state index in [1.165, 1.54) is 0 Å². The first-order chi connectivity index (χ1) is 14.6. The number of hydrogen-bond donors (Lipinski definition) is 3. The van der Waals surface area contributed by atoms with Gasteiger partial charge in [-0.25, -0.2) is 9.78 Å². The van der Waals surface area contributed by atoms with E-state index in [9.17, 15) is 9.59 Å². The van der Waals surface area contributed by atoms with Gasteiger partial charge in [-0.15, -0.1) is 0 Å². The molecular weight excluding hydrogens is 404 g/mol. The van der Waals surface area contributed by atoms with Gasteiger partial charge in [0.2, 0.25) is 0 Å². The molecule has 3 aromatic rings. The number of hydrogen-bond acceptors (Lipinski definition) is 4. The van der Waals surface area contributed by atoms with Crippen molar-refractivity contribution < 1.29 is 14.3 Å². The lowest BCUT2D eigenvalue weighted by Gasteiger charge is -2.12. The summed E-state index contributed by atoms with van der Waals surface area (Å²) in [7, 11) is 0. The molecule has 1 aromatic heterocycles. The zero-order valence-electron chi connectivity index (χ0n) is 16.2. The van der Waals surface area contributed by atoms with Crippen molar-refractivity contribution in [2.75, 3.05) is 23.8 Å². The Morgan fingerprint density at radius 3 is 2.53 bits per heavy atom. The van der Waals surface area contributed by atoms with Crippen LogP contribution in [0.2, 0.25) is 5.15 Å². The highest BCUT2D eigenvalue weighted by molar-refractivity contribution is 6.29. The number of ether oxygens (including phenoxy) is 1. The summed E-state index contributed by atoms with van der Waals surface area (Å²) < 4.78 is 5.48. The first kappa shape index (κ1) is 20.1. The molecule has 1 saturated heterocycles. The van der Waals surface area contributed by atoms with E-state index in [1.54, 1.807) is 48.5 Å². The maximum absolute atomic E-state index is 12.5. The molecule has 0 bridgehead atoms. The molecule has 0 spiro atoms. The third-order valence-electron chi connectivity index (χ3n) is 4.83. The Morgan fingerprint density at radius 1 is 1.03 bits per heavy atom. The van der Waals surface area contributed by atoms with Gasteiger partial charge in [0.25, 0.3) is 5.91 Å². The number of nitrogens with one attached hydrogen (secondary N) is 3. The number of amides is 3. The van der Waals surface area contributed by atoms with Crippen molar-refractivity contribution >= 4 is 45.8 Å². The maximum Gasteiger partial charge on any atom is 0.319 e. The minimum absolute atomic E-state index is 0.0937. The van der Waals surface area contributed by atoms with Gasteiger partial charge in [0.05, 0.1) is 11.6 Å². The third kappa shape index (κ3) is 5.06. The molecule has 0 aliphatic carbocycles. The third-order valence-corrected chi connectivity index (χ3v) is 5.04. The highest BCUT2D eigenvalue weighted by Crippen LogP contribution is 2.19. The normalized spacial score (nSPS) is 15.7. The number of nitrogens with zero attached hydrogens (tertiary/aromatic N) is 1. The van der Waals surface area contributed by atoms with Crippen LogP contribution < -0.4 is 16.0 Å². The molecule has 4 rings (SSSR count). The molecule has 0 saturated carbocycles. The van der Waals surface area contributed by atoms with Crippen molar-refractivity contribution in [3.63, 3.8) is 0 Å². The first-order valence-corrected chi connectivity index (χ1v) is 10.1. The van der Waals surface area contributed by atoms with Crippen LogP contribution in [0.15, 0.2) is 54.6 Å². The van der Waals surface area contributed by atoms with Crippen LogP contribution in [0.5, 0.6) is 0 Å².